The molecule has 0 radical (unpaired) electrons. The molecule has 7 heteroatoms. The molecule has 0 N–H and O–H groups in total. The number of carbonyl (C=O) groups is 1. The van der Waals surface area contributed by atoms with Gasteiger partial charge in [0.1, 0.15) is 0 Å². The number of hydrogen-bond acceptors (Lipinski definition) is 4. The van der Waals surface area contributed by atoms with Crippen LogP contribution in [0.2, 0.25) is 0 Å². The third-order valence-corrected chi connectivity index (χ3v) is 2.48. The van der Waals surface area contributed by atoms with E-state index in [1.807, 2.05) is 13.0 Å². The van der Waals surface area contributed by atoms with E-state index in [2.05, 4.69) is 0 Å². The Labute approximate surface area is 119 Å². The Morgan fingerprint density at radius 1 is 1.38 bits per heavy atom. The summed E-state index contributed by atoms with van der Waals surface area (Å²) in [5, 5.41) is 0. The second-order valence-electron chi connectivity index (χ2n) is 3.16. The summed E-state index contributed by atoms with van der Waals surface area (Å²) in [6.45, 7) is 1.90. The summed E-state index contributed by atoms with van der Waals surface area (Å²) < 4.78 is 30.9. The van der Waals surface area contributed by atoms with Crippen LogP contribution >= 0.6 is 0 Å². The van der Waals surface area contributed by atoms with Crippen molar-refractivity contribution in [3.05, 3.63) is 12.2 Å². The predicted molar refractivity (Wildman–Crippen MR) is 56.2 cm³/mol. The number of hydrogen-bond donors (Lipinski definition) is 0. The summed E-state index contributed by atoms with van der Waals surface area (Å²) in [6, 6.07) is 0. The van der Waals surface area contributed by atoms with E-state index < -0.39 is 15.9 Å². The number of carbonyl (C=O) groups excluding carboxylic acids is 1. The van der Waals surface area contributed by atoms with E-state index in [1.54, 1.807) is 6.08 Å². The largest absolute Gasteiger partial charge is 1.00 e. The molecule has 0 spiro atoms. The molecular formula is C9H16NNaO4S. The second kappa shape index (κ2) is 9.18. The van der Waals surface area contributed by atoms with Crippen molar-refractivity contribution in [1.29, 1.82) is 0 Å². The molecule has 0 unspecified atom stereocenters. The fourth-order valence-electron chi connectivity index (χ4n) is 0.880. The third-order valence-electron chi connectivity index (χ3n) is 1.80. The predicted octanol–water partition coefficient (Wildman–Crippen LogP) is -2.65. The smallest absolute Gasteiger partial charge is 0.748 e. The van der Waals surface area contributed by atoms with Gasteiger partial charge in [-0.2, -0.15) is 0 Å². The standard InChI is InChI=1S/C9H17NO4S.Na/c1-3-4-5-6-9(11)10(2)7-8-15(12,13)14;/h4-5H,3,6-8H2,1-2H3,(H,12,13,14);/q;+1/p-1. The Morgan fingerprint density at radius 2 is 1.94 bits per heavy atom. The molecule has 5 nitrogen and oxygen atoms in total. The Kier molecular flexibility index (Phi) is 10.6. The van der Waals surface area contributed by atoms with Crippen molar-refractivity contribution in [3.8, 4) is 0 Å². The molecular weight excluding hydrogens is 241 g/mol. The molecule has 16 heavy (non-hydrogen) atoms. The van der Waals surface area contributed by atoms with Gasteiger partial charge >= 0.3 is 29.6 Å². The molecule has 0 saturated heterocycles. The van der Waals surface area contributed by atoms with Crippen molar-refractivity contribution in [2.24, 2.45) is 0 Å². The van der Waals surface area contributed by atoms with Crippen LogP contribution in [-0.2, 0) is 14.9 Å². The van der Waals surface area contributed by atoms with Crippen LogP contribution in [0, 0.1) is 0 Å². The van der Waals surface area contributed by atoms with E-state index in [9.17, 15) is 17.8 Å². The molecule has 0 heterocycles. The van der Waals surface area contributed by atoms with Gasteiger partial charge in [-0.25, -0.2) is 8.42 Å². The Bertz CT molecular complexity index is 326. The van der Waals surface area contributed by atoms with Gasteiger partial charge in [0.25, 0.3) is 0 Å². The van der Waals surface area contributed by atoms with Crippen molar-refractivity contribution in [3.63, 3.8) is 0 Å². The number of amides is 1. The van der Waals surface area contributed by atoms with Crippen molar-refractivity contribution in [2.45, 2.75) is 19.8 Å². The topological polar surface area (TPSA) is 77.5 Å². The summed E-state index contributed by atoms with van der Waals surface area (Å²) >= 11 is 0. The molecule has 0 fully saturated rings. The Balaban J connectivity index is 0. The van der Waals surface area contributed by atoms with Gasteiger partial charge in [-0.05, 0) is 6.42 Å². The summed E-state index contributed by atoms with van der Waals surface area (Å²) in [5.74, 6) is -0.726. The van der Waals surface area contributed by atoms with Gasteiger partial charge in [0.2, 0.25) is 5.91 Å². The average molecular weight is 257 g/mol. The number of allylic oxidation sites excluding steroid dienone is 1. The Hall–Kier alpha value is 0.120. The van der Waals surface area contributed by atoms with E-state index in [4.69, 9.17) is 0 Å². The quantitative estimate of drug-likeness (QED) is 0.296. The molecule has 0 aromatic carbocycles. The van der Waals surface area contributed by atoms with Crippen LogP contribution in [0.5, 0.6) is 0 Å². The van der Waals surface area contributed by atoms with Gasteiger partial charge < -0.3 is 9.45 Å². The summed E-state index contributed by atoms with van der Waals surface area (Å²) in [5.41, 5.74) is 0. The summed E-state index contributed by atoms with van der Waals surface area (Å²) in [4.78, 5) is 12.6. The first-order valence-electron chi connectivity index (χ1n) is 4.69. The molecule has 0 aromatic rings. The fraction of sp³-hybridized carbons (Fsp3) is 0.667. The average Bonchev–Trinajstić information content (AvgIpc) is 2.13. The number of rotatable bonds is 6. The van der Waals surface area contributed by atoms with E-state index in [-0.39, 0.29) is 48.4 Å². The fourth-order valence-corrected chi connectivity index (χ4v) is 1.38. The van der Waals surface area contributed by atoms with Crippen molar-refractivity contribution >= 4 is 16.0 Å². The van der Waals surface area contributed by atoms with Crippen LogP contribution < -0.4 is 29.6 Å². The van der Waals surface area contributed by atoms with E-state index in [0.29, 0.717) is 0 Å². The number of nitrogens with zero attached hydrogens (tertiary/aromatic N) is 1. The first kappa shape index (κ1) is 18.5. The summed E-state index contributed by atoms with van der Waals surface area (Å²) in [7, 11) is -2.76. The maximum absolute atomic E-state index is 11.3. The van der Waals surface area contributed by atoms with Gasteiger partial charge in [-0.1, -0.05) is 19.1 Å². The van der Waals surface area contributed by atoms with Gasteiger partial charge in [-0.3, -0.25) is 4.79 Å². The van der Waals surface area contributed by atoms with Crippen molar-refractivity contribution in [1.82, 2.24) is 4.90 Å². The molecule has 0 saturated carbocycles. The van der Waals surface area contributed by atoms with Crippen LogP contribution in [0.15, 0.2) is 12.2 Å². The van der Waals surface area contributed by atoms with Crippen molar-refractivity contribution < 1.29 is 47.3 Å². The first-order chi connectivity index (χ1) is 6.87. The van der Waals surface area contributed by atoms with E-state index in [0.717, 1.165) is 6.42 Å². The molecule has 0 aliphatic carbocycles. The maximum Gasteiger partial charge on any atom is 1.00 e. The Morgan fingerprint density at radius 3 is 2.38 bits per heavy atom. The summed E-state index contributed by atoms with van der Waals surface area (Å²) in [6.07, 6.45) is 4.68. The minimum absolute atomic E-state index is 0. The van der Waals surface area contributed by atoms with Gasteiger partial charge in [0.05, 0.1) is 15.9 Å². The maximum atomic E-state index is 11.3. The molecule has 0 aliphatic rings. The van der Waals surface area contributed by atoms with Gasteiger partial charge in [0.15, 0.2) is 0 Å². The normalized spacial score (nSPS) is 11.2. The monoisotopic (exact) mass is 257 g/mol. The zero-order valence-corrected chi connectivity index (χ0v) is 12.8. The van der Waals surface area contributed by atoms with E-state index in [1.165, 1.54) is 11.9 Å². The minimum Gasteiger partial charge on any atom is -0.748 e. The van der Waals surface area contributed by atoms with Crippen LogP contribution in [0.25, 0.3) is 0 Å². The molecule has 0 atom stereocenters. The third kappa shape index (κ3) is 10.6. The second-order valence-corrected chi connectivity index (χ2v) is 4.68. The zero-order valence-electron chi connectivity index (χ0n) is 9.97. The minimum atomic E-state index is -4.24. The van der Waals surface area contributed by atoms with Gasteiger partial charge in [0, 0.05) is 20.0 Å². The van der Waals surface area contributed by atoms with Crippen molar-refractivity contribution in [2.75, 3.05) is 19.3 Å². The molecule has 1 amide bonds. The first-order valence-corrected chi connectivity index (χ1v) is 6.27. The van der Waals surface area contributed by atoms with Crippen LogP contribution in [0.3, 0.4) is 0 Å². The van der Waals surface area contributed by atoms with Crippen LogP contribution in [0.4, 0.5) is 0 Å². The zero-order chi connectivity index (χ0) is 11.9. The SMILES string of the molecule is CCC=CCC(=O)N(C)CCS(=O)(=O)[O-].[Na+]. The van der Waals surface area contributed by atoms with Crippen LogP contribution in [0.1, 0.15) is 19.8 Å². The molecule has 0 rings (SSSR count). The van der Waals surface area contributed by atoms with E-state index >= 15 is 0 Å². The van der Waals surface area contributed by atoms with Crippen LogP contribution in [-0.4, -0.2) is 43.1 Å². The molecule has 88 valence electrons. The molecule has 0 aromatic heterocycles. The molecule has 0 aliphatic heterocycles. The molecule has 0 bridgehead atoms. The van der Waals surface area contributed by atoms with Gasteiger partial charge in [-0.15, -0.1) is 0 Å².